The molecule has 0 aromatic heterocycles. The molecule has 2 amide bonds. The second-order valence-corrected chi connectivity index (χ2v) is 5.49. The topological polar surface area (TPSA) is 81.4 Å². The number of hydrogen-bond acceptors (Lipinski definition) is 3. The number of primary amides is 1. The number of methoxy groups -OCH3 is 1. The lowest BCUT2D eigenvalue weighted by Crippen LogP contribution is -2.46. The molecule has 0 heterocycles. The second kappa shape index (κ2) is 8.23. The minimum absolute atomic E-state index is 0.0310. The van der Waals surface area contributed by atoms with E-state index in [2.05, 4.69) is 5.32 Å². The van der Waals surface area contributed by atoms with Crippen LogP contribution in [-0.4, -0.2) is 25.0 Å². The van der Waals surface area contributed by atoms with E-state index in [1.165, 1.54) is 13.2 Å². The van der Waals surface area contributed by atoms with E-state index in [1.807, 2.05) is 0 Å². The molecule has 0 unspecified atom stereocenters. The van der Waals surface area contributed by atoms with Crippen LogP contribution in [0, 0.1) is 11.6 Å². The summed E-state index contributed by atoms with van der Waals surface area (Å²) in [6.07, 6.45) is -0.155. The molecule has 25 heavy (non-hydrogen) atoms. The predicted octanol–water partition coefficient (Wildman–Crippen LogP) is 1.73. The van der Waals surface area contributed by atoms with Crippen molar-refractivity contribution < 1.29 is 23.1 Å². The predicted molar refractivity (Wildman–Crippen MR) is 87.9 cm³/mol. The molecule has 0 aliphatic carbocycles. The minimum Gasteiger partial charge on any atom is -0.497 e. The molecule has 0 aliphatic rings. The summed E-state index contributed by atoms with van der Waals surface area (Å²) in [4.78, 5) is 23.7. The van der Waals surface area contributed by atoms with Crippen molar-refractivity contribution in [2.45, 2.75) is 18.9 Å². The van der Waals surface area contributed by atoms with E-state index in [-0.39, 0.29) is 18.4 Å². The van der Waals surface area contributed by atoms with Crippen molar-refractivity contribution in [3.63, 3.8) is 0 Å². The Hall–Kier alpha value is -2.96. The van der Waals surface area contributed by atoms with Gasteiger partial charge in [-0.05, 0) is 29.3 Å². The van der Waals surface area contributed by atoms with E-state index in [1.54, 1.807) is 24.3 Å². The summed E-state index contributed by atoms with van der Waals surface area (Å²) in [6, 6.07) is 8.99. The van der Waals surface area contributed by atoms with Crippen LogP contribution in [0.25, 0.3) is 0 Å². The lowest BCUT2D eigenvalue weighted by Gasteiger charge is -2.16. The number of nitrogens with one attached hydrogen (secondary N) is 1. The van der Waals surface area contributed by atoms with E-state index >= 15 is 0 Å². The van der Waals surface area contributed by atoms with Crippen molar-refractivity contribution in [2.24, 2.45) is 5.73 Å². The van der Waals surface area contributed by atoms with E-state index in [0.29, 0.717) is 11.8 Å². The van der Waals surface area contributed by atoms with Crippen LogP contribution in [-0.2, 0) is 22.4 Å². The van der Waals surface area contributed by atoms with Gasteiger partial charge in [0.2, 0.25) is 11.8 Å². The number of carbonyl (C=O) groups is 2. The maximum absolute atomic E-state index is 13.6. The maximum atomic E-state index is 13.6. The molecule has 0 saturated heterocycles. The van der Waals surface area contributed by atoms with Crippen LogP contribution in [0.1, 0.15) is 11.1 Å². The van der Waals surface area contributed by atoms with Crippen molar-refractivity contribution in [3.05, 3.63) is 65.2 Å². The zero-order valence-electron chi connectivity index (χ0n) is 13.6. The molecule has 1 atom stereocenters. The first-order valence-electron chi connectivity index (χ1n) is 7.54. The first-order valence-corrected chi connectivity index (χ1v) is 7.54. The number of benzene rings is 2. The van der Waals surface area contributed by atoms with Crippen molar-refractivity contribution in [1.29, 1.82) is 0 Å². The molecule has 0 fully saturated rings. The number of carbonyl (C=O) groups excluding carboxylic acids is 2. The summed E-state index contributed by atoms with van der Waals surface area (Å²) in [5, 5.41) is 2.48. The quantitative estimate of drug-likeness (QED) is 0.800. The lowest BCUT2D eigenvalue weighted by atomic mass is 10.0. The molecule has 0 bridgehead atoms. The van der Waals surface area contributed by atoms with Gasteiger partial charge in [0.15, 0.2) is 0 Å². The summed E-state index contributed by atoms with van der Waals surface area (Å²) in [7, 11) is 1.52. The van der Waals surface area contributed by atoms with Gasteiger partial charge in [-0.3, -0.25) is 9.59 Å². The Bertz CT molecular complexity index is 781. The third kappa shape index (κ3) is 5.27. The van der Waals surface area contributed by atoms with E-state index in [4.69, 9.17) is 10.5 Å². The third-order valence-electron chi connectivity index (χ3n) is 3.62. The molecular formula is C18H18F2N2O3. The van der Waals surface area contributed by atoms with Crippen molar-refractivity contribution in [2.75, 3.05) is 7.11 Å². The molecule has 0 spiro atoms. The monoisotopic (exact) mass is 348 g/mol. The van der Waals surface area contributed by atoms with Gasteiger partial charge in [0.25, 0.3) is 0 Å². The number of hydrogen-bond donors (Lipinski definition) is 2. The van der Waals surface area contributed by atoms with Crippen LogP contribution < -0.4 is 15.8 Å². The van der Waals surface area contributed by atoms with Gasteiger partial charge >= 0.3 is 0 Å². The molecule has 0 saturated carbocycles. The first-order chi connectivity index (χ1) is 11.9. The fraction of sp³-hybridized carbons (Fsp3) is 0.222. The van der Waals surface area contributed by atoms with E-state index in [9.17, 15) is 18.4 Å². The van der Waals surface area contributed by atoms with Crippen LogP contribution >= 0.6 is 0 Å². The highest BCUT2D eigenvalue weighted by Gasteiger charge is 2.20. The molecule has 0 radical (unpaired) electrons. The Kier molecular flexibility index (Phi) is 6.05. The number of rotatable bonds is 7. The highest BCUT2D eigenvalue weighted by atomic mass is 19.1. The van der Waals surface area contributed by atoms with Crippen molar-refractivity contribution >= 4 is 11.8 Å². The maximum Gasteiger partial charge on any atom is 0.240 e. The van der Waals surface area contributed by atoms with E-state index in [0.717, 1.165) is 11.6 Å². The van der Waals surface area contributed by atoms with Gasteiger partial charge in [0.1, 0.15) is 23.4 Å². The Balaban J connectivity index is 2.05. The van der Waals surface area contributed by atoms with Gasteiger partial charge < -0.3 is 15.8 Å². The Morgan fingerprint density at radius 1 is 1.20 bits per heavy atom. The molecule has 3 N–H and O–H groups in total. The zero-order chi connectivity index (χ0) is 18.4. The smallest absolute Gasteiger partial charge is 0.240 e. The van der Waals surface area contributed by atoms with Gasteiger partial charge in [-0.25, -0.2) is 8.78 Å². The summed E-state index contributed by atoms with van der Waals surface area (Å²) in [6.45, 7) is 0. The Morgan fingerprint density at radius 3 is 2.60 bits per heavy atom. The van der Waals surface area contributed by atoms with Crippen LogP contribution in [0.3, 0.4) is 0 Å². The van der Waals surface area contributed by atoms with Gasteiger partial charge in [0, 0.05) is 12.5 Å². The standard InChI is InChI=1S/C18H18F2N2O3/c1-25-14-4-2-3-11(7-14)8-16(18(21)24)22-17(23)9-12-5-6-13(19)10-15(12)20/h2-7,10,16H,8-9H2,1H3,(H2,21,24)(H,22,23)/t16-/m0/s1. The van der Waals surface area contributed by atoms with Gasteiger partial charge in [-0.2, -0.15) is 0 Å². The second-order valence-electron chi connectivity index (χ2n) is 5.49. The Labute approximate surface area is 143 Å². The highest BCUT2D eigenvalue weighted by Crippen LogP contribution is 2.14. The molecular weight excluding hydrogens is 330 g/mol. The van der Waals surface area contributed by atoms with Crippen molar-refractivity contribution in [3.8, 4) is 5.75 Å². The van der Waals surface area contributed by atoms with Crippen molar-refractivity contribution in [1.82, 2.24) is 5.32 Å². The van der Waals surface area contributed by atoms with Crippen LogP contribution in [0.15, 0.2) is 42.5 Å². The summed E-state index contributed by atoms with van der Waals surface area (Å²) < 4.78 is 31.6. The average Bonchev–Trinajstić information content (AvgIpc) is 2.57. The van der Waals surface area contributed by atoms with Gasteiger partial charge in [0.05, 0.1) is 13.5 Å². The lowest BCUT2D eigenvalue weighted by molar-refractivity contribution is -0.127. The summed E-state index contributed by atoms with van der Waals surface area (Å²) in [5.41, 5.74) is 6.12. The van der Waals surface area contributed by atoms with Gasteiger partial charge in [-0.15, -0.1) is 0 Å². The summed E-state index contributed by atoms with van der Waals surface area (Å²) >= 11 is 0. The van der Waals surface area contributed by atoms with Gasteiger partial charge in [-0.1, -0.05) is 18.2 Å². The van der Waals surface area contributed by atoms with E-state index < -0.39 is 29.5 Å². The minimum atomic E-state index is -0.955. The molecule has 7 heteroatoms. The molecule has 5 nitrogen and oxygen atoms in total. The molecule has 132 valence electrons. The van der Waals surface area contributed by atoms with Crippen LogP contribution in [0.5, 0.6) is 5.75 Å². The SMILES string of the molecule is COc1cccc(C[C@H](NC(=O)Cc2ccc(F)cc2F)C(N)=O)c1. The van der Waals surface area contributed by atoms with Crippen LogP contribution in [0.4, 0.5) is 8.78 Å². The third-order valence-corrected chi connectivity index (χ3v) is 3.62. The molecule has 2 rings (SSSR count). The number of nitrogens with two attached hydrogens (primary N) is 1. The fourth-order valence-corrected chi connectivity index (χ4v) is 2.34. The largest absolute Gasteiger partial charge is 0.497 e. The Morgan fingerprint density at radius 2 is 1.96 bits per heavy atom. The number of ether oxygens (including phenoxy) is 1. The average molecular weight is 348 g/mol. The highest BCUT2D eigenvalue weighted by molar-refractivity contribution is 5.87. The first kappa shape index (κ1) is 18.4. The number of halogens is 2. The van der Waals surface area contributed by atoms with Crippen LogP contribution in [0.2, 0.25) is 0 Å². The molecule has 2 aromatic carbocycles. The fourth-order valence-electron chi connectivity index (χ4n) is 2.34. The zero-order valence-corrected chi connectivity index (χ0v) is 13.6. The molecule has 2 aromatic rings. The summed E-state index contributed by atoms with van der Waals surface area (Å²) in [5.74, 6) is -2.23. The normalized spacial score (nSPS) is 11.6. The molecule has 0 aliphatic heterocycles. The number of amides is 2.